The largest absolute Gasteiger partial charge is 0.467 e. The molecule has 0 saturated carbocycles. The number of hydrogen-bond acceptors (Lipinski definition) is 7. The SMILES string of the molecule is COC(=O)[C@@H](C)NC(=O)Nc1nc(C)c(-c2ccc(S(C)(=O)=O)c(C(F)(F)F)c2)s1. The van der Waals surface area contributed by atoms with E-state index in [9.17, 15) is 31.2 Å². The lowest BCUT2D eigenvalue weighted by Gasteiger charge is -2.13. The zero-order valence-corrected chi connectivity index (χ0v) is 17.9. The number of esters is 1. The predicted molar refractivity (Wildman–Crippen MR) is 104 cm³/mol. The number of thiazole rings is 1. The van der Waals surface area contributed by atoms with Crippen molar-refractivity contribution in [2.75, 3.05) is 18.7 Å². The minimum Gasteiger partial charge on any atom is -0.467 e. The highest BCUT2D eigenvalue weighted by Gasteiger charge is 2.36. The number of carbonyl (C=O) groups is 2. The minimum absolute atomic E-state index is 0.0813. The molecular formula is C17H18F3N3O5S2. The Hall–Kier alpha value is -2.67. The van der Waals surface area contributed by atoms with E-state index in [1.54, 1.807) is 0 Å². The van der Waals surface area contributed by atoms with E-state index < -0.39 is 44.5 Å². The first-order valence-corrected chi connectivity index (χ1v) is 11.0. The quantitative estimate of drug-likeness (QED) is 0.656. The predicted octanol–water partition coefficient (Wildman–Crippen LogP) is 3.22. The molecule has 0 saturated heterocycles. The number of sulfone groups is 1. The Morgan fingerprint density at radius 3 is 2.43 bits per heavy atom. The van der Waals surface area contributed by atoms with Gasteiger partial charge in [0, 0.05) is 6.26 Å². The van der Waals surface area contributed by atoms with E-state index >= 15 is 0 Å². The number of urea groups is 1. The number of amides is 2. The molecule has 8 nitrogen and oxygen atoms in total. The maximum atomic E-state index is 13.4. The van der Waals surface area contributed by atoms with Gasteiger partial charge in [-0.15, -0.1) is 0 Å². The molecule has 0 radical (unpaired) electrons. The monoisotopic (exact) mass is 465 g/mol. The molecular weight excluding hydrogens is 447 g/mol. The average Bonchev–Trinajstić information content (AvgIpc) is 2.98. The third kappa shape index (κ3) is 5.48. The van der Waals surface area contributed by atoms with Gasteiger partial charge < -0.3 is 10.1 Å². The van der Waals surface area contributed by atoms with Crippen molar-refractivity contribution in [3.8, 4) is 10.4 Å². The summed E-state index contributed by atoms with van der Waals surface area (Å²) >= 11 is 0.899. The lowest BCUT2D eigenvalue weighted by Crippen LogP contribution is -2.41. The van der Waals surface area contributed by atoms with Crippen molar-refractivity contribution in [3.63, 3.8) is 0 Å². The molecule has 0 aliphatic rings. The molecule has 13 heteroatoms. The molecule has 2 aromatic rings. The van der Waals surface area contributed by atoms with Crippen molar-refractivity contribution in [1.29, 1.82) is 0 Å². The summed E-state index contributed by atoms with van der Waals surface area (Å²) in [6.45, 7) is 2.94. The first kappa shape index (κ1) is 23.6. The van der Waals surface area contributed by atoms with Crippen LogP contribution in [0, 0.1) is 6.92 Å². The first-order chi connectivity index (χ1) is 13.7. The number of methoxy groups -OCH3 is 1. The maximum Gasteiger partial charge on any atom is 0.417 e. The van der Waals surface area contributed by atoms with Gasteiger partial charge in [-0.1, -0.05) is 17.4 Å². The topological polar surface area (TPSA) is 114 Å². The molecule has 0 fully saturated rings. The highest BCUT2D eigenvalue weighted by Crippen LogP contribution is 2.39. The molecule has 1 aromatic carbocycles. The van der Waals surface area contributed by atoms with Crippen molar-refractivity contribution in [2.24, 2.45) is 0 Å². The van der Waals surface area contributed by atoms with Gasteiger partial charge in [0.2, 0.25) is 0 Å². The van der Waals surface area contributed by atoms with Crippen LogP contribution in [0.2, 0.25) is 0 Å². The van der Waals surface area contributed by atoms with Crippen molar-refractivity contribution in [2.45, 2.75) is 31.0 Å². The number of carbonyl (C=O) groups excluding carboxylic acids is 2. The molecule has 0 aliphatic carbocycles. The second-order valence-corrected chi connectivity index (χ2v) is 9.24. The summed E-state index contributed by atoms with van der Waals surface area (Å²) in [5.41, 5.74) is -0.855. The van der Waals surface area contributed by atoms with Gasteiger partial charge in [-0.2, -0.15) is 13.2 Å². The van der Waals surface area contributed by atoms with Crippen LogP contribution in [-0.4, -0.2) is 44.8 Å². The fourth-order valence-corrected chi connectivity index (χ4v) is 4.35. The van der Waals surface area contributed by atoms with Gasteiger partial charge in [-0.3, -0.25) is 5.32 Å². The van der Waals surface area contributed by atoms with E-state index in [4.69, 9.17) is 0 Å². The third-order valence-corrected chi connectivity index (χ3v) is 6.14. The van der Waals surface area contributed by atoms with Gasteiger partial charge in [-0.25, -0.2) is 23.0 Å². The van der Waals surface area contributed by atoms with Crippen molar-refractivity contribution in [1.82, 2.24) is 10.3 Å². The van der Waals surface area contributed by atoms with E-state index in [1.165, 1.54) is 27.0 Å². The normalized spacial score (nSPS) is 12.9. The van der Waals surface area contributed by atoms with Crippen LogP contribution in [-0.2, 0) is 25.5 Å². The maximum absolute atomic E-state index is 13.4. The highest BCUT2D eigenvalue weighted by atomic mass is 32.2. The zero-order chi connectivity index (χ0) is 22.9. The van der Waals surface area contributed by atoms with Crippen LogP contribution >= 0.6 is 11.3 Å². The Morgan fingerprint density at radius 2 is 1.90 bits per heavy atom. The van der Waals surface area contributed by atoms with Crippen LogP contribution in [0.25, 0.3) is 10.4 Å². The number of nitrogens with one attached hydrogen (secondary N) is 2. The lowest BCUT2D eigenvalue weighted by molar-refractivity contribution is -0.142. The van der Waals surface area contributed by atoms with Gasteiger partial charge in [0.05, 0.1) is 28.1 Å². The van der Waals surface area contributed by atoms with Crippen molar-refractivity contribution in [3.05, 3.63) is 29.5 Å². The number of benzene rings is 1. The summed E-state index contributed by atoms with van der Waals surface area (Å²) in [5, 5.41) is 4.80. The number of rotatable bonds is 5. The number of nitrogens with zero attached hydrogens (tertiary/aromatic N) is 1. The van der Waals surface area contributed by atoms with E-state index in [1.807, 2.05) is 0 Å². The summed E-state index contributed by atoms with van der Waals surface area (Å²) < 4.78 is 68.1. The van der Waals surface area contributed by atoms with Crippen LogP contribution in [0.5, 0.6) is 0 Å². The fraction of sp³-hybridized carbons (Fsp3) is 0.353. The van der Waals surface area contributed by atoms with Gasteiger partial charge in [0.15, 0.2) is 15.0 Å². The molecule has 1 aromatic heterocycles. The molecule has 0 aliphatic heterocycles. The number of ether oxygens (including phenoxy) is 1. The standard InChI is InChI=1S/C17H18F3N3O5S2/c1-8-13(29-16(22-8)23-15(25)21-9(2)14(24)28-3)10-5-6-12(30(4,26)27)11(7-10)17(18,19)20/h5-7,9H,1-4H3,(H2,21,22,23,25)/t9-/m1/s1. The van der Waals surface area contributed by atoms with E-state index in [2.05, 4.69) is 20.4 Å². The summed E-state index contributed by atoms with van der Waals surface area (Å²) in [7, 11) is -2.93. The summed E-state index contributed by atoms with van der Waals surface area (Å²) in [5.74, 6) is -0.660. The Bertz CT molecular complexity index is 1080. The number of aromatic nitrogens is 1. The second-order valence-electron chi connectivity index (χ2n) is 6.26. The summed E-state index contributed by atoms with van der Waals surface area (Å²) in [6.07, 6.45) is -4.18. The van der Waals surface area contributed by atoms with Crippen LogP contribution < -0.4 is 10.6 Å². The number of alkyl halides is 3. The van der Waals surface area contributed by atoms with E-state index in [0.29, 0.717) is 16.8 Å². The van der Waals surface area contributed by atoms with Crippen LogP contribution in [0.3, 0.4) is 0 Å². The van der Waals surface area contributed by atoms with E-state index in [0.717, 1.165) is 23.5 Å². The van der Waals surface area contributed by atoms with Crippen molar-refractivity contribution < 1.29 is 35.9 Å². The highest BCUT2D eigenvalue weighted by molar-refractivity contribution is 7.90. The number of anilines is 1. The number of aryl methyl sites for hydroxylation is 1. The average molecular weight is 465 g/mol. The molecule has 30 heavy (non-hydrogen) atoms. The van der Waals surface area contributed by atoms with Crippen molar-refractivity contribution >= 4 is 38.3 Å². The molecule has 0 bridgehead atoms. The fourth-order valence-electron chi connectivity index (χ4n) is 2.50. The molecule has 164 valence electrons. The number of hydrogen-bond donors (Lipinski definition) is 2. The Morgan fingerprint density at radius 1 is 1.27 bits per heavy atom. The number of halogens is 3. The smallest absolute Gasteiger partial charge is 0.417 e. The molecule has 2 amide bonds. The molecule has 1 atom stereocenters. The van der Waals surface area contributed by atoms with Gasteiger partial charge >= 0.3 is 18.2 Å². The lowest BCUT2D eigenvalue weighted by atomic mass is 10.1. The van der Waals surface area contributed by atoms with Crippen LogP contribution in [0.4, 0.5) is 23.1 Å². The van der Waals surface area contributed by atoms with Crippen LogP contribution in [0.15, 0.2) is 23.1 Å². The Balaban J connectivity index is 2.35. The Kier molecular flexibility index (Phi) is 6.76. The molecule has 0 unspecified atom stereocenters. The molecule has 2 rings (SSSR count). The van der Waals surface area contributed by atoms with Gasteiger partial charge in [-0.05, 0) is 31.5 Å². The summed E-state index contributed by atoms with van der Waals surface area (Å²) in [6, 6.07) is 1.20. The molecule has 0 spiro atoms. The second kappa shape index (κ2) is 8.60. The van der Waals surface area contributed by atoms with Gasteiger partial charge in [0.25, 0.3) is 0 Å². The van der Waals surface area contributed by atoms with Crippen LogP contribution in [0.1, 0.15) is 18.2 Å². The molecule has 1 heterocycles. The Labute approximate surface area is 174 Å². The summed E-state index contributed by atoms with van der Waals surface area (Å²) in [4.78, 5) is 26.9. The third-order valence-electron chi connectivity index (χ3n) is 3.87. The molecule has 2 N–H and O–H groups in total. The van der Waals surface area contributed by atoms with E-state index in [-0.39, 0.29) is 10.7 Å². The minimum atomic E-state index is -4.88. The first-order valence-electron chi connectivity index (χ1n) is 8.28. The van der Waals surface area contributed by atoms with Gasteiger partial charge in [0.1, 0.15) is 6.04 Å². The zero-order valence-electron chi connectivity index (χ0n) is 16.2.